The Hall–Kier alpha value is -3.71. The van der Waals surface area contributed by atoms with E-state index in [9.17, 15) is 4.79 Å². The Kier molecular flexibility index (Phi) is 5.93. The molecule has 0 amide bonds. The molecule has 2 aromatic carbocycles. The third-order valence-electron chi connectivity index (χ3n) is 7.21. The average molecular weight is 488 g/mol. The van der Waals surface area contributed by atoms with Crippen LogP contribution in [0.3, 0.4) is 0 Å². The Balaban J connectivity index is 1.31. The Labute approximate surface area is 208 Å². The zero-order chi connectivity index (χ0) is 24.6. The van der Waals surface area contributed by atoms with Crippen LogP contribution in [0.15, 0.2) is 54.7 Å². The van der Waals surface area contributed by atoms with Crippen molar-refractivity contribution in [2.24, 2.45) is 0 Å². The molecule has 0 saturated heterocycles. The van der Waals surface area contributed by atoms with Gasteiger partial charge in [-0.3, -0.25) is 9.78 Å². The number of pyridine rings is 1. The van der Waals surface area contributed by atoms with Crippen molar-refractivity contribution in [3.63, 3.8) is 0 Å². The summed E-state index contributed by atoms with van der Waals surface area (Å²) >= 11 is 0. The predicted molar refractivity (Wildman–Crippen MR) is 132 cm³/mol. The fourth-order valence-electron chi connectivity index (χ4n) is 5.54. The quantitative estimate of drug-likeness (QED) is 0.480. The van der Waals surface area contributed by atoms with Crippen LogP contribution in [0.1, 0.15) is 53.7 Å². The third-order valence-corrected chi connectivity index (χ3v) is 7.21. The number of carboxylic acids is 1. The highest BCUT2D eigenvalue weighted by Gasteiger charge is 2.32. The highest BCUT2D eigenvalue weighted by atomic mass is 19.1. The molecular weight excluding hydrogens is 461 g/mol. The molecule has 7 heteroatoms. The summed E-state index contributed by atoms with van der Waals surface area (Å²) in [5.74, 6) is -0.0718. The fraction of sp³-hybridized carbons (Fsp3) is 0.310. The van der Waals surface area contributed by atoms with Gasteiger partial charge in [0.15, 0.2) is 0 Å². The van der Waals surface area contributed by atoms with E-state index in [2.05, 4.69) is 11.1 Å². The average Bonchev–Trinajstić information content (AvgIpc) is 3.49. The maximum Gasteiger partial charge on any atom is 0.304 e. The summed E-state index contributed by atoms with van der Waals surface area (Å²) in [5.41, 5.74) is 6.48. The topological polar surface area (TPSA) is 77.9 Å². The van der Waals surface area contributed by atoms with Crippen LogP contribution in [0.5, 0.6) is 11.5 Å². The number of halogens is 1. The van der Waals surface area contributed by atoms with E-state index in [0.717, 1.165) is 39.9 Å². The first-order valence-electron chi connectivity index (χ1n) is 12.3. The zero-order valence-corrected chi connectivity index (χ0v) is 19.7. The summed E-state index contributed by atoms with van der Waals surface area (Å²) in [7, 11) is 0. The standard InChI is InChI=1S/C29H26FNO5/c30-24-7-5-21(23-2-1-11-31-29(23)17-9-12-34-13-10-17)22-6-8-25(28(22)24)36-19-3-4-20-18(14-27(32)33)16-35-26(20)15-19/h1-5,7,9,11,15,18,25H,6,8,10,12-14,16H2,(H,32,33)/t18?,25-/m1/s1. The van der Waals surface area contributed by atoms with Crippen LogP contribution in [-0.2, 0) is 16.0 Å². The Morgan fingerprint density at radius 1 is 1.17 bits per heavy atom. The molecule has 2 aliphatic heterocycles. The van der Waals surface area contributed by atoms with E-state index in [1.54, 1.807) is 12.3 Å². The summed E-state index contributed by atoms with van der Waals surface area (Å²) in [6, 6.07) is 12.8. The van der Waals surface area contributed by atoms with E-state index in [-0.39, 0.29) is 18.2 Å². The predicted octanol–water partition coefficient (Wildman–Crippen LogP) is 5.71. The Morgan fingerprint density at radius 3 is 2.92 bits per heavy atom. The number of rotatable bonds is 6. The van der Waals surface area contributed by atoms with Gasteiger partial charge in [-0.05, 0) is 54.2 Å². The number of carbonyl (C=O) groups is 1. The number of aliphatic carboxylic acids is 1. The van der Waals surface area contributed by atoms with Gasteiger partial charge in [-0.2, -0.15) is 0 Å². The lowest BCUT2D eigenvalue weighted by atomic mass is 9.92. The monoisotopic (exact) mass is 487 g/mol. The zero-order valence-electron chi connectivity index (χ0n) is 19.7. The molecule has 6 nitrogen and oxygen atoms in total. The van der Waals surface area contributed by atoms with E-state index >= 15 is 4.39 Å². The molecule has 0 saturated carbocycles. The lowest BCUT2D eigenvalue weighted by molar-refractivity contribution is -0.137. The maximum absolute atomic E-state index is 15.2. The second kappa shape index (κ2) is 9.39. The van der Waals surface area contributed by atoms with Gasteiger partial charge in [0, 0.05) is 34.9 Å². The van der Waals surface area contributed by atoms with Gasteiger partial charge < -0.3 is 19.3 Å². The number of nitrogens with zero attached hydrogens (tertiary/aromatic N) is 1. The van der Waals surface area contributed by atoms with Crippen LogP contribution < -0.4 is 9.47 Å². The number of carboxylic acid groups (broad SMARTS) is 1. The molecule has 0 radical (unpaired) electrons. The molecule has 2 atom stereocenters. The minimum atomic E-state index is -0.851. The first kappa shape index (κ1) is 22.7. The molecule has 6 rings (SSSR count). The molecule has 184 valence electrons. The van der Waals surface area contributed by atoms with Gasteiger partial charge in [-0.25, -0.2) is 4.39 Å². The molecule has 0 spiro atoms. The van der Waals surface area contributed by atoms with Gasteiger partial charge in [-0.15, -0.1) is 0 Å². The van der Waals surface area contributed by atoms with Crippen molar-refractivity contribution in [3.05, 3.63) is 82.9 Å². The van der Waals surface area contributed by atoms with Gasteiger partial charge in [0.2, 0.25) is 0 Å². The minimum absolute atomic E-state index is 0.0252. The van der Waals surface area contributed by atoms with Crippen molar-refractivity contribution in [1.82, 2.24) is 4.98 Å². The normalized spacial score (nSPS) is 20.3. The lowest BCUT2D eigenvalue weighted by Crippen LogP contribution is -2.08. The van der Waals surface area contributed by atoms with Gasteiger partial charge in [-0.1, -0.05) is 24.3 Å². The van der Waals surface area contributed by atoms with Crippen molar-refractivity contribution in [2.45, 2.75) is 37.7 Å². The second-order valence-electron chi connectivity index (χ2n) is 9.39. The van der Waals surface area contributed by atoms with Gasteiger partial charge >= 0.3 is 5.97 Å². The van der Waals surface area contributed by atoms with Crippen molar-refractivity contribution < 1.29 is 28.5 Å². The van der Waals surface area contributed by atoms with Crippen LogP contribution >= 0.6 is 0 Å². The third kappa shape index (κ3) is 4.13. The number of ether oxygens (including phenoxy) is 3. The van der Waals surface area contributed by atoms with E-state index < -0.39 is 12.1 Å². The van der Waals surface area contributed by atoms with E-state index in [0.29, 0.717) is 49.7 Å². The van der Waals surface area contributed by atoms with Crippen molar-refractivity contribution in [1.29, 1.82) is 0 Å². The van der Waals surface area contributed by atoms with Gasteiger partial charge in [0.1, 0.15) is 23.4 Å². The highest BCUT2D eigenvalue weighted by Crippen LogP contribution is 2.44. The maximum atomic E-state index is 15.2. The SMILES string of the molecule is O=C(O)CC1COc2cc(O[C@@H]3CCc4c(-c5cccnc5C5=CCOCC5)ccc(F)c43)ccc21. The molecule has 1 aliphatic carbocycles. The van der Waals surface area contributed by atoms with E-state index in [4.69, 9.17) is 19.3 Å². The number of fused-ring (bicyclic) bond motifs is 2. The summed E-state index contributed by atoms with van der Waals surface area (Å²) < 4.78 is 32.7. The molecule has 1 N–H and O–H groups in total. The largest absolute Gasteiger partial charge is 0.492 e. The van der Waals surface area contributed by atoms with Crippen LogP contribution in [0, 0.1) is 5.82 Å². The Bertz CT molecular complexity index is 1370. The van der Waals surface area contributed by atoms with E-state index in [1.165, 1.54) is 6.07 Å². The van der Waals surface area contributed by atoms with Crippen molar-refractivity contribution >= 4 is 11.5 Å². The van der Waals surface area contributed by atoms with Crippen LogP contribution in [0.2, 0.25) is 0 Å². The van der Waals surface area contributed by atoms with Crippen LogP contribution in [-0.4, -0.2) is 35.9 Å². The van der Waals surface area contributed by atoms with Crippen LogP contribution in [0.25, 0.3) is 16.7 Å². The molecule has 36 heavy (non-hydrogen) atoms. The highest BCUT2D eigenvalue weighted by molar-refractivity contribution is 5.82. The van der Waals surface area contributed by atoms with Crippen LogP contribution in [0.4, 0.5) is 4.39 Å². The summed E-state index contributed by atoms with van der Waals surface area (Å²) in [6.45, 7) is 1.58. The number of aromatic nitrogens is 1. The molecule has 1 unspecified atom stereocenters. The molecule has 3 aliphatic rings. The molecule has 0 bridgehead atoms. The molecule has 1 aromatic heterocycles. The number of hydrogen-bond donors (Lipinski definition) is 1. The second-order valence-corrected chi connectivity index (χ2v) is 9.39. The fourth-order valence-corrected chi connectivity index (χ4v) is 5.54. The smallest absolute Gasteiger partial charge is 0.304 e. The lowest BCUT2D eigenvalue weighted by Gasteiger charge is -2.19. The molecule has 3 aromatic rings. The van der Waals surface area contributed by atoms with Gasteiger partial charge in [0.25, 0.3) is 0 Å². The first-order valence-corrected chi connectivity index (χ1v) is 12.3. The van der Waals surface area contributed by atoms with Crippen molar-refractivity contribution in [2.75, 3.05) is 19.8 Å². The molecule has 0 fully saturated rings. The van der Waals surface area contributed by atoms with Gasteiger partial charge in [0.05, 0.1) is 31.9 Å². The van der Waals surface area contributed by atoms with Crippen molar-refractivity contribution in [3.8, 4) is 22.6 Å². The minimum Gasteiger partial charge on any atom is -0.492 e. The summed E-state index contributed by atoms with van der Waals surface area (Å²) in [4.78, 5) is 15.8. The number of hydrogen-bond acceptors (Lipinski definition) is 5. The number of benzene rings is 2. The van der Waals surface area contributed by atoms with E-state index in [1.807, 2.05) is 30.3 Å². The summed E-state index contributed by atoms with van der Waals surface area (Å²) in [6.07, 6.45) is 5.63. The summed E-state index contributed by atoms with van der Waals surface area (Å²) in [5, 5.41) is 9.13. The molecular formula is C29H26FNO5. The Morgan fingerprint density at radius 2 is 2.08 bits per heavy atom. The first-order chi connectivity index (χ1) is 17.6. The molecule has 3 heterocycles.